The van der Waals surface area contributed by atoms with Gasteiger partial charge in [-0.3, -0.25) is 4.57 Å². The van der Waals surface area contributed by atoms with Crippen molar-refractivity contribution in [3.05, 3.63) is 53.2 Å². The molecule has 0 N–H and O–H groups in total. The van der Waals surface area contributed by atoms with Gasteiger partial charge in [-0.15, -0.1) is 0 Å². The lowest BCUT2D eigenvalue weighted by Crippen LogP contribution is -2.06. The highest BCUT2D eigenvalue weighted by Gasteiger charge is 2.08. The molecular weight excluding hydrogens is 225 g/mol. The van der Waals surface area contributed by atoms with Gasteiger partial charge in [0.1, 0.15) is 12.1 Å². The summed E-state index contributed by atoms with van der Waals surface area (Å²) in [6.07, 6.45) is 4.60. The van der Waals surface area contributed by atoms with Gasteiger partial charge in [-0.05, 0) is 18.2 Å². The van der Waals surface area contributed by atoms with Crippen molar-refractivity contribution in [3.63, 3.8) is 0 Å². The van der Waals surface area contributed by atoms with Crippen LogP contribution in [-0.2, 0) is 0 Å². The monoisotopic (exact) mass is 231 g/mol. The van der Waals surface area contributed by atoms with Crippen molar-refractivity contribution < 1.29 is 8.81 Å². The maximum absolute atomic E-state index is 13.0. The van der Waals surface area contributed by atoms with Crippen LogP contribution in [0.5, 0.6) is 0 Å². The van der Waals surface area contributed by atoms with Crippen LogP contribution in [-0.4, -0.2) is 14.5 Å². The van der Waals surface area contributed by atoms with Gasteiger partial charge in [-0.1, -0.05) is 0 Å². The van der Waals surface area contributed by atoms with E-state index in [9.17, 15) is 9.18 Å². The number of hydrogen-bond acceptors (Lipinski definition) is 4. The number of rotatable bonds is 1. The Kier molecular flexibility index (Phi) is 2.01. The van der Waals surface area contributed by atoms with Gasteiger partial charge < -0.3 is 4.42 Å². The molecule has 2 heterocycles. The highest BCUT2D eigenvalue weighted by molar-refractivity contribution is 5.77. The molecule has 0 saturated heterocycles. The lowest BCUT2D eigenvalue weighted by atomic mass is 10.2. The second-order valence-electron chi connectivity index (χ2n) is 3.42. The number of halogens is 1. The summed E-state index contributed by atoms with van der Waals surface area (Å²) >= 11 is 0. The van der Waals surface area contributed by atoms with Gasteiger partial charge in [0.15, 0.2) is 0 Å². The fourth-order valence-electron chi connectivity index (χ4n) is 1.52. The molecule has 0 unspecified atom stereocenters. The molecule has 0 aliphatic rings. The fraction of sp³-hybridized carbons (Fsp3) is 0. The van der Waals surface area contributed by atoms with E-state index in [1.54, 1.807) is 6.20 Å². The fourth-order valence-corrected chi connectivity index (χ4v) is 1.52. The van der Waals surface area contributed by atoms with E-state index in [2.05, 4.69) is 9.97 Å². The Morgan fingerprint density at radius 3 is 3.00 bits per heavy atom. The van der Waals surface area contributed by atoms with Crippen LogP contribution in [0.1, 0.15) is 0 Å². The Balaban J connectivity index is 2.32. The Morgan fingerprint density at radius 2 is 2.24 bits per heavy atom. The van der Waals surface area contributed by atoms with Crippen molar-refractivity contribution in [2.75, 3.05) is 0 Å². The molecule has 1 aromatic carbocycles. The Morgan fingerprint density at radius 1 is 1.35 bits per heavy atom. The average molecular weight is 231 g/mol. The summed E-state index contributed by atoms with van der Waals surface area (Å²) in [5.41, 5.74) is -0.246. The molecular formula is C11H6FN3O2. The zero-order valence-electron chi connectivity index (χ0n) is 8.50. The smallest absolute Gasteiger partial charge is 0.348 e. The van der Waals surface area contributed by atoms with Gasteiger partial charge in [0.05, 0.1) is 10.9 Å². The first-order valence-corrected chi connectivity index (χ1v) is 4.83. The molecule has 0 amide bonds. The Labute approximate surface area is 94.2 Å². The van der Waals surface area contributed by atoms with E-state index in [0.29, 0.717) is 5.52 Å². The zero-order chi connectivity index (χ0) is 11.8. The third-order valence-corrected chi connectivity index (χ3v) is 2.30. The summed E-state index contributed by atoms with van der Waals surface area (Å²) in [6, 6.07) is 3.88. The molecule has 0 fully saturated rings. The lowest BCUT2D eigenvalue weighted by Gasteiger charge is -2.00. The van der Waals surface area contributed by atoms with E-state index in [1.165, 1.54) is 29.2 Å². The van der Waals surface area contributed by atoms with E-state index < -0.39 is 11.4 Å². The van der Waals surface area contributed by atoms with E-state index in [1.807, 2.05) is 0 Å². The highest BCUT2D eigenvalue weighted by Crippen LogP contribution is 2.12. The molecule has 0 aliphatic heterocycles. The van der Waals surface area contributed by atoms with Crippen molar-refractivity contribution in [3.8, 4) is 6.01 Å². The topological polar surface area (TPSA) is 60.9 Å². The van der Waals surface area contributed by atoms with Crippen molar-refractivity contribution in [2.45, 2.75) is 0 Å². The minimum absolute atomic E-state index is 0.103. The summed E-state index contributed by atoms with van der Waals surface area (Å²) in [6.45, 7) is 0. The van der Waals surface area contributed by atoms with Crippen LogP contribution in [0.4, 0.5) is 4.39 Å². The molecule has 0 radical (unpaired) electrons. The molecule has 3 aromatic rings. The summed E-state index contributed by atoms with van der Waals surface area (Å²) in [5.74, 6) is -0.498. The van der Waals surface area contributed by atoms with Crippen molar-refractivity contribution >= 4 is 10.9 Å². The van der Waals surface area contributed by atoms with Crippen molar-refractivity contribution in [1.29, 1.82) is 0 Å². The summed E-state index contributed by atoms with van der Waals surface area (Å²) in [7, 11) is 0. The van der Waals surface area contributed by atoms with Gasteiger partial charge >= 0.3 is 11.6 Å². The maximum atomic E-state index is 13.0. The molecule has 0 saturated carbocycles. The van der Waals surface area contributed by atoms with Crippen molar-refractivity contribution in [2.24, 2.45) is 0 Å². The highest BCUT2D eigenvalue weighted by atomic mass is 19.1. The number of benzene rings is 1. The zero-order valence-corrected chi connectivity index (χ0v) is 8.50. The second kappa shape index (κ2) is 3.51. The third-order valence-electron chi connectivity index (χ3n) is 2.30. The van der Waals surface area contributed by atoms with E-state index in [0.717, 1.165) is 6.07 Å². The van der Waals surface area contributed by atoms with Crippen LogP contribution < -0.4 is 5.63 Å². The SMILES string of the molecule is O=c1oc(-n2ccnc2)nc2ccc(F)cc12. The van der Waals surface area contributed by atoms with Gasteiger partial charge in [0.25, 0.3) is 0 Å². The normalized spacial score (nSPS) is 10.9. The molecule has 84 valence electrons. The number of imidazole rings is 1. The molecule has 5 nitrogen and oxygen atoms in total. The quantitative estimate of drug-likeness (QED) is 0.637. The number of nitrogens with zero attached hydrogens (tertiary/aromatic N) is 3. The van der Waals surface area contributed by atoms with Crippen LogP contribution in [0.15, 0.2) is 46.1 Å². The maximum Gasteiger partial charge on any atom is 0.348 e. The first-order valence-electron chi connectivity index (χ1n) is 4.83. The Bertz CT molecular complexity index is 734. The summed E-state index contributed by atoms with van der Waals surface area (Å²) in [5, 5.41) is 0.119. The first-order chi connectivity index (χ1) is 8.24. The van der Waals surface area contributed by atoms with Gasteiger partial charge in [-0.2, -0.15) is 4.98 Å². The lowest BCUT2D eigenvalue weighted by molar-refractivity contribution is 0.475. The number of hydrogen-bond donors (Lipinski definition) is 0. The van der Waals surface area contributed by atoms with E-state index in [-0.39, 0.29) is 11.4 Å². The number of fused-ring (bicyclic) bond motifs is 1. The van der Waals surface area contributed by atoms with Crippen LogP contribution in [0.25, 0.3) is 16.9 Å². The second-order valence-corrected chi connectivity index (χ2v) is 3.42. The molecule has 0 bridgehead atoms. The summed E-state index contributed by atoms with van der Waals surface area (Å²) < 4.78 is 19.4. The molecule has 17 heavy (non-hydrogen) atoms. The molecule has 2 aromatic heterocycles. The van der Waals surface area contributed by atoms with E-state index in [4.69, 9.17) is 4.42 Å². The number of aromatic nitrogens is 3. The molecule has 0 atom stereocenters. The summed E-state index contributed by atoms with van der Waals surface area (Å²) in [4.78, 5) is 19.6. The largest absolute Gasteiger partial charge is 0.388 e. The van der Waals surface area contributed by atoms with Crippen LogP contribution >= 0.6 is 0 Å². The Hall–Kier alpha value is -2.50. The molecule has 3 rings (SSSR count). The molecule has 0 spiro atoms. The predicted molar refractivity (Wildman–Crippen MR) is 57.4 cm³/mol. The predicted octanol–water partition coefficient (Wildman–Crippen LogP) is 1.51. The van der Waals surface area contributed by atoms with E-state index >= 15 is 0 Å². The van der Waals surface area contributed by atoms with Gasteiger partial charge in [-0.25, -0.2) is 14.2 Å². The molecule has 0 aliphatic carbocycles. The standard InChI is InChI=1S/C11H6FN3O2/c12-7-1-2-9-8(5-7)10(16)17-11(14-9)15-4-3-13-6-15/h1-6H. The third kappa shape index (κ3) is 1.59. The van der Waals surface area contributed by atoms with Gasteiger partial charge in [0.2, 0.25) is 0 Å². The van der Waals surface area contributed by atoms with Crippen LogP contribution in [0.3, 0.4) is 0 Å². The molecule has 6 heteroatoms. The van der Waals surface area contributed by atoms with Crippen LogP contribution in [0.2, 0.25) is 0 Å². The first kappa shape index (κ1) is 9.71. The average Bonchev–Trinajstić information content (AvgIpc) is 2.83. The minimum atomic E-state index is -0.627. The minimum Gasteiger partial charge on any atom is -0.388 e. The van der Waals surface area contributed by atoms with Crippen LogP contribution in [0, 0.1) is 5.82 Å². The van der Waals surface area contributed by atoms with Crippen molar-refractivity contribution in [1.82, 2.24) is 14.5 Å². The van der Waals surface area contributed by atoms with Gasteiger partial charge in [0, 0.05) is 12.4 Å².